The zero-order valence-electron chi connectivity index (χ0n) is 15.7. The summed E-state index contributed by atoms with van der Waals surface area (Å²) in [5, 5.41) is 10.9. The fourth-order valence-electron chi connectivity index (χ4n) is 2.65. The Bertz CT molecular complexity index is 1070. The van der Waals surface area contributed by atoms with Gasteiger partial charge in [-0.05, 0) is 54.4 Å². The molecule has 0 aliphatic rings. The molecule has 0 saturated heterocycles. The Morgan fingerprint density at radius 2 is 2.04 bits per heavy atom. The molecule has 2 aromatic carbocycles. The summed E-state index contributed by atoms with van der Waals surface area (Å²) in [5.41, 5.74) is 2.31. The number of rotatable bonds is 6. The topological polar surface area (TPSA) is 55.2 Å². The van der Waals surface area contributed by atoms with Crippen molar-refractivity contribution in [3.05, 3.63) is 75.3 Å². The Morgan fingerprint density at radius 1 is 1.25 bits per heavy atom. The lowest BCUT2D eigenvalue weighted by molar-refractivity contribution is 0.286. The van der Waals surface area contributed by atoms with Gasteiger partial charge < -0.3 is 4.74 Å². The summed E-state index contributed by atoms with van der Waals surface area (Å²) in [6.07, 6.45) is 1.26. The summed E-state index contributed by atoms with van der Waals surface area (Å²) in [6.45, 7) is 6.30. The predicted octanol–water partition coefficient (Wildman–Crippen LogP) is 5.11. The van der Waals surface area contributed by atoms with Gasteiger partial charge in [-0.2, -0.15) is 14.9 Å². The van der Waals surface area contributed by atoms with E-state index in [0.717, 1.165) is 29.0 Å². The van der Waals surface area contributed by atoms with E-state index in [1.54, 1.807) is 0 Å². The number of halogens is 2. The minimum absolute atomic E-state index is 0.125. The van der Waals surface area contributed by atoms with E-state index in [9.17, 15) is 8.78 Å². The van der Waals surface area contributed by atoms with Crippen molar-refractivity contribution in [2.45, 2.75) is 33.3 Å². The number of hydrogen-bond acceptors (Lipinski definition) is 4. The predicted molar refractivity (Wildman–Crippen MR) is 106 cm³/mol. The highest BCUT2D eigenvalue weighted by molar-refractivity contribution is 7.71. The highest BCUT2D eigenvalue weighted by Gasteiger charge is 2.11. The van der Waals surface area contributed by atoms with Crippen LogP contribution in [0.2, 0.25) is 0 Å². The summed E-state index contributed by atoms with van der Waals surface area (Å²) >= 11 is 5.18. The second-order valence-electron chi connectivity index (χ2n) is 6.65. The average Bonchev–Trinajstić information content (AvgIpc) is 2.99. The van der Waals surface area contributed by atoms with Crippen molar-refractivity contribution in [3.63, 3.8) is 0 Å². The highest BCUT2D eigenvalue weighted by Crippen LogP contribution is 2.28. The molecular formula is C20H20F2N4OS. The quantitative estimate of drug-likeness (QED) is 0.460. The molecule has 28 heavy (non-hydrogen) atoms. The first-order valence-corrected chi connectivity index (χ1v) is 9.15. The van der Waals surface area contributed by atoms with Crippen molar-refractivity contribution >= 4 is 18.4 Å². The van der Waals surface area contributed by atoms with Crippen LogP contribution in [0.1, 0.15) is 42.3 Å². The van der Waals surface area contributed by atoms with Crippen LogP contribution in [0.4, 0.5) is 8.78 Å². The zero-order chi connectivity index (χ0) is 20.3. The average molecular weight is 402 g/mol. The fraction of sp³-hybridized carbons (Fsp3) is 0.250. The van der Waals surface area contributed by atoms with Crippen molar-refractivity contribution in [3.8, 4) is 5.75 Å². The molecule has 0 saturated carbocycles. The van der Waals surface area contributed by atoms with Crippen LogP contribution in [0, 0.1) is 23.3 Å². The number of H-pyrrole nitrogens is 1. The minimum Gasteiger partial charge on any atom is -0.485 e. The standard InChI is InChI=1S/C20H20F2N4OS/c1-12(2)16-7-4-13(3)8-18(16)27-11-19-24-25-20(28)26(19)23-10-14-5-6-15(21)9-17(14)22/h4-10,12H,11H2,1-3H3,(H,25,28)/b23-10-. The van der Waals surface area contributed by atoms with Gasteiger partial charge in [0.1, 0.15) is 24.0 Å². The zero-order valence-corrected chi connectivity index (χ0v) is 16.6. The molecule has 3 rings (SSSR count). The fourth-order valence-corrected chi connectivity index (χ4v) is 2.85. The first kappa shape index (κ1) is 19.9. The van der Waals surface area contributed by atoms with Crippen molar-refractivity contribution in [2.24, 2.45) is 5.10 Å². The first-order valence-electron chi connectivity index (χ1n) is 8.74. The lowest BCUT2D eigenvalue weighted by atomic mass is 10.0. The van der Waals surface area contributed by atoms with Crippen LogP contribution in [0.3, 0.4) is 0 Å². The molecular weight excluding hydrogens is 382 g/mol. The summed E-state index contributed by atoms with van der Waals surface area (Å²) in [5.74, 6) is 0.139. The van der Waals surface area contributed by atoms with Gasteiger partial charge in [-0.25, -0.2) is 13.9 Å². The molecule has 3 aromatic rings. The third-order valence-electron chi connectivity index (χ3n) is 4.14. The van der Waals surface area contributed by atoms with E-state index in [-0.39, 0.29) is 16.9 Å². The van der Waals surface area contributed by atoms with Gasteiger partial charge >= 0.3 is 0 Å². The van der Waals surface area contributed by atoms with Gasteiger partial charge in [0.25, 0.3) is 0 Å². The molecule has 0 aliphatic heterocycles. The van der Waals surface area contributed by atoms with Gasteiger partial charge in [-0.15, -0.1) is 0 Å². The molecule has 0 atom stereocenters. The van der Waals surface area contributed by atoms with Crippen LogP contribution < -0.4 is 4.74 Å². The monoisotopic (exact) mass is 402 g/mol. The molecule has 8 heteroatoms. The molecule has 1 heterocycles. The molecule has 0 radical (unpaired) electrons. The van der Waals surface area contributed by atoms with Crippen LogP contribution in [0.25, 0.3) is 0 Å². The maximum Gasteiger partial charge on any atom is 0.216 e. The molecule has 0 unspecified atom stereocenters. The Kier molecular flexibility index (Phi) is 5.99. The number of aromatic amines is 1. The van der Waals surface area contributed by atoms with Crippen LogP contribution in [-0.2, 0) is 6.61 Å². The number of nitrogens with one attached hydrogen (secondary N) is 1. The Hall–Kier alpha value is -2.87. The Balaban J connectivity index is 1.83. The van der Waals surface area contributed by atoms with Crippen molar-refractivity contribution in [1.82, 2.24) is 14.9 Å². The number of aryl methyl sites for hydroxylation is 1. The van der Waals surface area contributed by atoms with E-state index in [1.807, 2.05) is 25.1 Å². The molecule has 5 nitrogen and oxygen atoms in total. The number of ether oxygens (including phenoxy) is 1. The molecule has 0 fully saturated rings. The minimum atomic E-state index is -0.710. The van der Waals surface area contributed by atoms with Gasteiger partial charge in [0.05, 0.1) is 6.21 Å². The Morgan fingerprint density at radius 3 is 2.75 bits per heavy atom. The highest BCUT2D eigenvalue weighted by atomic mass is 32.1. The summed E-state index contributed by atoms with van der Waals surface area (Å²) in [6, 6.07) is 9.31. The van der Waals surface area contributed by atoms with Gasteiger partial charge in [-0.1, -0.05) is 26.0 Å². The lowest BCUT2D eigenvalue weighted by Crippen LogP contribution is -2.06. The van der Waals surface area contributed by atoms with Crippen LogP contribution in [0.5, 0.6) is 5.75 Å². The van der Waals surface area contributed by atoms with Gasteiger partial charge in [0.2, 0.25) is 4.77 Å². The van der Waals surface area contributed by atoms with Crippen molar-refractivity contribution in [2.75, 3.05) is 0 Å². The first-order chi connectivity index (χ1) is 13.3. The molecule has 0 amide bonds. The maximum atomic E-state index is 13.8. The van der Waals surface area contributed by atoms with E-state index in [1.165, 1.54) is 17.0 Å². The molecule has 1 N–H and O–H groups in total. The van der Waals surface area contributed by atoms with Crippen LogP contribution >= 0.6 is 12.2 Å². The second kappa shape index (κ2) is 8.43. The maximum absolute atomic E-state index is 13.8. The number of benzene rings is 2. The largest absolute Gasteiger partial charge is 0.485 e. The van der Waals surface area contributed by atoms with Crippen molar-refractivity contribution < 1.29 is 13.5 Å². The number of hydrogen-bond donors (Lipinski definition) is 1. The molecule has 0 aliphatic carbocycles. The van der Waals surface area contributed by atoms with E-state index >= 15 is 0 Å². The van der Waals surface area contributed by atoms with Crippen LogP contribution in [0.15, 0.2) is 41.5 Å². The normalized spacial score (nSPS) is 11.5. The number of nitrogens with zero attached hydrogens (tertiary/aromatic N) is 3. The second-order valence-corrected chi connectivity index (χ2v) is 7.04. The molecule has 1 aromatic heterocycles. The SMILES string of the molecule is Cc1ccc(C(C)C)c(OCc2n[nH]c(=S)n2/N=C\c2ccc(F)cc2F)c1. The van der Waals surface area contributed by atoms with E-state index in [0.29, 0.717) is 11.7 Å². The van der Waals surface area contributed by atoms with Gasteiger partial charge in [0, 0.05) is 11.6 Å². The van der Waals surface area contributed by atoms with Gasteiger partial charge in [-0.3, -0.25) is 0 Å². The Labute approximate surface area is 166 Å². The van der Waals surface area contributed by atoms with Crippen molar-refractivity contribution in [1.29, 1.82) is 0 Å². The van der Waals surface area contributed by atoms with E-state index < -0.39 is 11.6 Å². The summed E-state index contributed by atoms with van der Waals surface area (Å²) < 4.78 is 34.4. The molecule has 146 valence electrons. The smallest absolute Gasteiger partial charge is 0.216 e. The molecule has 0 bridgehead atoms. The lowest BCUT2D eigenvalue weighted by Gasteiger charge is -2.14. The van der Waals surface area contributed by atoms with E-state index in [4.69, 9.17) is 17.0 Å². The molecule has 0 spiro atoms. The number of aromatic nitrogens is 3. The summed E-state index contributed by atoms with van der Waals surface area (Å²) in [7, 11) is 0. The third kappa shape index (κ3) is 4.51. The van der Waals surface area contributed by atoms with Gasteiger partial charge in [0.15, 0.2) is 5.82 Å². The third-order valence-corrected chi connectivity index (χ3v) is 4.40. The van der Waals surface area contributed by atoms with E-state index in [2.05, 4.69) is 29.1 Å². The summed E-state index contributed by atoms with van der Waals surface area (Å²) in [4.78, 5) is 0. The van der Waals surface area contributed by atoms with Crippen LogP contribution in [-0.4, -0.2) is 21.1 Å².